The highest BCUT2D eigenvalue weighted by atomic mass is 16.5. The van der Waals surface area contributed by atoms with Gasteiger partial charge in [0.15, 0.2) is 0 Å². The Bertz CT molecular complexity index is 396. The highest BCUT2D eigenvalue weighted by Crippen LogP contribution is 2.21. The van der Waals surface area contributed by atoms with Crippen molar-refractivity contribution in [2.45, 2.75) is 51.8 Å². The van der Waals surface area contributed by atoms with Crippen LogP contribution in [0.2, 0.25) is 0 Å². The van der Waals surface area contributed by atoms with Crippen molar-refractivity contribution in [1.29, 1.82) is 0 Å². The first-order valence-electron chi connectivity index (χ1n) is 7.78. The molecule has 4 heteroatoms. The molecule has 0 saturated carbocycles. The van der Waals surface area contributed by atoms with Gasteiger partial charge >= 0.3 is 0 Å². The SMILES string of the molecule is COCC(CCCN)NC(C)c1cccc(OC(C)C)c1. The quantitative estimate of drug-likeness (QED) is 0.696. The number of nitrogens with two attached hydrogens (primary N) is 1. The normalized spacial score (nSPS) is 14.2. The van der Waals surface area contributed by atoms with Crippen LogP contribution in [0.15, 0.2) is 24.3 Å². The molecular weight excluding hydrogens is 264 g/mol. The fourth-order valence-electron chi connectivity index (χ4n) is 2.36. The van der Waals surface area contributed by atoms with Crippen molar-refractivity contribution in [2.24, 2.45) is 5.73 Å². The van der Waals surface area contributed by atoms with E-state index in [9.17, 15) is 0 Å². The molecule has 0 aliphatic heterocycles. The number of methoxy groups -OCH3 is 1. The molecule has 3 N–H and O–H groups in total. The number of benzene rings is 1. The molecule has 0 aliphatic rings. The van der Waals surface area contributed by atoms with Gasteiger partial charge in [0, 0.05) is 19.2 Å². The molecule has 0 amide bonds. The summed E-state index contributed by atoms with van der Waals surface area (Å²) in [6.07, 6.45) is 2.22. The van der Waals surface area contributed by atoms with Crippen molar-refractivity contribution in [1.82, 2.24) is 5.32 Å². The lowest BCUT2D eigenvalue weighted by atomic mass is 10.1. The maximum Gasteiger partial charge on any atom is 0.120 e. The van der Waals surface area contributed by atoms with Crippen LogP contribution in [-0.2, 0) is 4.74 Å². The van der Waals surface area contributed by atoms with Gasteiger partial charge in [-0.3, -0.25) is 0 Å². The summed E-state index contributed by atoms with van der Waals surface area (Å²) in [5, 5.41) is 3.61. The molecule has 0 spiro atoms. The lowest BCUT2D eigenvalue weighted by molar-refractivity contribution is 0.156. The Labute approximate surface area is 129 Å². The summed E-state index contributed by atoms with van der Waals surface area (Å²) in [4.78, 5) is 0. The Morgan fingerprint density at radius 1 is 1.24 bits per heavy atom. The van der Waals surface area contributed by atoms with E-state index in [2.05, 4.69) is 24.4 Å². The maximum absolute atomic E-state index is 5.75. The van der Waals surface area contributed by atoms with Crippen LogP contribution in [0.3, 0.4) is 0 Å². The molecule has 1 aromatic rings. The minimum absolute atomic E-state index is 0.189. The van der Waals surface area contributed by atoms with E-state index in [-0.39, 0.29) is 12.1 Å². The Hall–Kier alpha value is -1.10. The van der Waals surface area contributed by atoms with Crippen LogP contribution in [0, 0.1) is 0 Å². The summed E-state index contributed by atoms with van der Waals surface area (Å²) < 4.78 is 11.0. The molecule has 0 aliphatic carbocycles. The molecule has 0 saturated heterocycles. The zero-order valence-electron chi connectivity index (χ0n) is 13.8. The smallest absolute Gasteiger partial charge is 0.120 e. The van der Waals surface area contributed by atoms with Crippen LogP contribution >= 0.6 is 0 Å². The minimum atomic E-state index is 0.189. The predicted molar refractivity (Wildman–Crippen MR) is 87.7 cm³/mol. The molecule has 0 aromatic heterocycles. The summed E-state index contributed by atoms with van der Waals surface area (Å²) in [7, 11) is 1.74. The zero-order valence-corrected chi connectivity index (χ0v) is 13.8. The van der Waals surface area contributed by atoms with Gasteiger partial charge in [-0.1, -0.05) is 12.1 Å². The monoisotopic (exact) mass is 294 g/mol. The summed E-state index contributed by atoms with van der Waals surface area (Å²) in [6.45, 7) is 7.66. The molecule has 0 heterocycles. The molecule has 2 atom stereocenters. The van der Waals surface area contributed by atoms with Crippen molar-refractivity contribution in [3.63, 3.8) is 0 Å². The highest BCUT2D eigenvalue weighted by molar-refractivity contribution is 5.30. The van der Waals surface area contributed by atoms with Crippen LogP contribution in [0.1, 0.15) is 45.2 Å². The molecular formula is C17H30N2O2. The largest absolute Gasteiger partial charge is 0.491 e. The summed E-state index contributed by atoms with van der Waals surface area (Å²) in [5.41, 5.74) is 6.82. The number of hydrogen-bond donors (Lipinski definition) is 2. The number of ether oxygens (including phenoxy) is 2. The van der Waals surface area contributed by atoms with E-state index >= 15 is 0 Å². The lowest BCUT2D eigenvalue weighted by Crippen LogP contribution is -2.35. The Kier molecular flexibility index (Phi) is 8.35. The number of rotatable bonds is 10. The van der Waals surface area contributed by atoms with E-state index in [1.54, 1.807) is 7.11 Å². The van der Waals surface area contributed by atoms with Crippen LogP contribution in [0.25, 0.3) is 0 Å². The molecule has 0 bridgehead atoms. The van der Waals surface area contributed by atoms with Crippen LogP contribution in [0.5, 0.6) is 5.75 Å². The first kappa shape index (κ1) is 18.0. The molecule has 2 unspecified atom stereocenters. The van der Waals surface area contributed by atoms with E-state index in [1.165, 1.54) is 5.56 Å². The minimum Gasteiger partial charge on any atom is -0.491 e. The molecule has 4 nitrogen and oxygen atoms in total. The summed E-state index contributed by atoms with van der Waals surface area (Å²) in [6, 6.07) is 8.83. The first-order chi connectivity index (χ1) is 10.1. The molecule has 1 aromatic carbocycles. The molecule has 120 valence electrons. The van der Waals surface area contributed by atoms with Crippen molar-refractivity contribution < 1.29 is 9.47 Å². The van der Waals surface area contributed by atoms with E-state index < -0.39 is 0 Å². The topological polar surface area (TPSA) is 56.5 Å². The van der Waals surface area contributed by atoms with Crippen LogP contribution < -0.4 is 15.8 Å². The Morgan fingerprint density at radius 2 is 2.00 bits per heavy atom. The van der Waals surface area contributed by atoms with Gasteiger partial charge in [0.25, 0.3) is 0 Å². The van der Waals surface area contributed by atoms with Gasteiger partial charge in [0.05, 0.1) is 12.7 Å². The van der Waals surface area contributed by atoms with Gasteiger partial charge in [0.2, 0.25) is 0 Å². The first-order valence-corrected chi connectivity index (χ1v) is 7.78. The van der Waals surface area contributed by atoms with E-state index in [1.807, 2.05) is 26.0 Å². The fraction of sp³-hybridized carbons (Fsp3) is 0.647. The van der Waals surface area contributed by atoms with Crippen molar-refractivity contribution in [3.8, 4) is 5.75 Å². The van der Waals surface area contributed by atoms with Gasteiger partial charge in [-0.05, 0) is 57.9 Å². The van der Waals surface area contributed by atoms with Gasteiger partial charge in [0.1, 0.15) is 5.75 Å². The van der Waals surface area contributed by atoms with Gasteiger partial charge in [-0.25, -0.2) is 0 Å². The third-order valence-electron chi connectivity index (χ3n) is 3.34. The van der Waals surface area contributed by atoms with Crippen molar-refractivity contribution in [3.05, 3.63) is 29.8 Å². The number of hydrogen-bond acceptors (Lipinski definition) is 4. The van der Waals surface area contributed by atoms with Gasteiger partial charge in [-0.2, -0.15) is 0 Å². The van der Waals surface area contributed by atoms with Crippen molar-refractivity contribution in [2.75, 3.05) is 20.3 Å². The Morgan fingerprint density at radius 3 is 2.62 bits per heavy atom. The lowest BCUT2D eigenvalue weighted by Gasteiger charge is -2.23. The fourth-order valence-corrected chi connectivity index (χ4v) is 2.36. The van der Waals surface area contributed by atoms with Crippen LogP contribution in [-0.4, -0.2) is 32.4 Å². The average molecular weight is 294 g/mol. The predicted octanol–water partition coefficient (Wildman–Crippen LogP) is 2.88. The second-order valence-corrected chi connectivity index (χ2v) is 5.71. The van der Waals surface area contributed by atoms with Crippen molar-refractivity contribution >= 4 is 0 Å². The standard InChI is InChI=1S/C17H30N2O2/c1-13(2)21-17-9-5-7-15(11-17)14(3)19-16(12-20-4)8-6-10-18/h5,7,9,11,13-14,16,19H,6,8,10,12,18H2,1-4H3. The highest BCUT2D eigenvalue weighted by Gasteiger charge is 2.13. The van der Waals surface area contributed by atoms with Gasteiger partial charge < -0.3 is 20.5 Å². The molecule has 21 heavy (non-hydrogen) atoms. The molecule has 0 radical (unpaired) electrons. The molecule has 0 fully saturated rings. The summed E-state index contributed by atoms with van der Waals surface area (Å²) in [5.74, 6) is 0.918. The third kappa shape index (κ3) is 6.93. The second kappa shape index (κ2) is 9.77. The third-order valence-corrected chi connectivity index (χ3v) is 3.34. The zero-order chi connectivity index (χ0) is 15.7. The number of nitrogens with one attached hydrogen (secondary N) is 1. The molecule has 1 rings (SSSR count). The second-order valence-electron chi connectivity index (χ2n) is 5.71. The average Bonchev–Trinajstić information content (AvgIpc) is 2.44. The maximum atomic E-state index is 5.75. The van der Waals surface area contributed by atoms with Crippen LogP contribution in [0.4, 0.5) is 0 Å². The van der Waals surface area contributed by atoms with E-state index in [0.717, 1.165) is 18.6 Å². The van der Waals surface area contributed by atoms with E-state index in [4.69, 9.17) is 15.2 Å². The Balaban J connectivity index is 2.65. The van der Waals surface area contributed by atoms with Gasteiger partial charge in [-0.15, -0.1) is 0 Å². The van der Waals surface area contributed by atoms with E-state index in [0.29, 0.717) is 19.2 Å². The summed E-state index contributed by atoms with van der Waals surface area (Å²) >= 11 is 0.